The summed E-state index contributed by atoms with van der Waals surface area (Å²) in [5, 5.41) is 3.50. The van der Waals surface area contributed by atoms with E-state index in [4.69, 9.17) is 11.6 Å². The molecule has 0 aliphatic rings. The normalized spacial score (nSPS) is 9.93. The van der Waals surface area contributed by atoms with Gasteiger partial charge in [0.2, 0.25) is 5.91 Å². The molecule has 0 spiro atoms. The number of hydrogen-bond acceptors (Lipinski definition) is 1. The molecule has 0 fully saturated rings. The molecule has 3 heteroatoms. The zero-order chi connectivity index (χ0) is 10.6. The summed E-state index contributed by atoms with van der Waals surface area (Å²) in [6.07, 6.45) is 1.89. The smallest absolute Gasteiger partial charge is 0.221 e. The molecule has 0 bridgehead atoms. The van der Waals surface area contributed by atoms with Gasteiger partial charge in [0.1, 0.15) is 0 Å². The number of nitrogens with one attached hydrogen (secondary N) is 1. The fourth-order valence-electron chi connectivity index (χ4n) is 1.37. The van der Waals surface area contributed by atoms with Crippen LogP contribution < -0.4 is 5.32 Å². The lowest BCUT2D eigenvalue weighted by molar-refractivity contribution is -0.114. The number of halogens is 1. The third kappa shape index (κ3) is 2.74. The molecule has 0 aliphatic carbocycles. The monoisotopic (exact) mass is 211 g/mol. The van der Waals surface area contributed by atoms with Crippen LogP contribution in [0, 0.1) is 0 Å². The fraction of sp³-hybridized carbons (Fsp3) is 0.364. The number of hydrogen-bond donors (Lipinski definition) is 1. The number of carbonyl (C=O) groups excluding carboxylic acids is 1. The lowest BCUT2D eigenvalue weighted by Crippen LogP contribution is -2.08. The molecule has 0 atom stereocenters. The molecule has 1 amide bonds. The molecule has 0 aliphatic heterocycles. The number of anilines is 1. The lowest BCUT2D eigenvalue weighted by atomic mass is 10.1. The Kier molecular flexibility index (Phi) is 3.96. The van der Waals surface area contributed by atoms with Crippen molar-refractivity contribution in [3.05, 3.63) is 28.8 Å². The second kappa shape index (κ2) is 5.01. The summed E-state index contributed by atoms with van der Waals surface area (Å²) in [4.78, 5) is 10.9. The molecular formula is C11H14ClNO. The Morgan fingerprint density at radius 3 is 2.79 bits per heavy atom. The molecule has 1 aromatic rings. The molecule has 0 saturated heterocycles. The van der Waals surface area contributed by atoms with Crippen molar-refractivity contribution < 1.29 is 4.79 Å². The minimum atomic E-state index is -0.0652. The second-order valence-electron chi connectivity index (χ2n) is 3.20. The zero-order valence-electron chi connectivity index (χ0n) is 8.43. The Balaban J connectivity index is 3.01. The predicted octanol–water partition coefficient (Wildman–Crippen LogP) is 3.25. The van der Waals surface area contributed by atoms with E-state index in [1.165, 1.54) is 6.92 Å². The van der Waals surface area contributed by atoms with Crippen LogP contribution in [-0.2, 0) is 11.2 Å². The van der Waals surface area contributed by atoms with Gasteiger partial charge in [-0.05, 0) is 24.1 Å². The molecule has 76 valence electrons. The number of rotatable bonds is 3. The Hall–Kier alpha value is -1.02. The molecule has 0 unspecified atom stereocenters. The van der Waals surface area contributed by atoms with Gasteiger partial charge >= 0.3 is 0 Å². The van der Waals surface area contributed by atoms with Crippen LogP contribution in [0.4, 0.5) is 5.69 Å². The van der Waals surface area contributed by atoms with Gasteiger partial charge < -0.3 is 5.32 Å². The van der Waals surface area contributed by atoms with Gasteiger partial charge in [0.15, 0.2) is 0 Å². The first-order valence-corrected chi connectivity index (χ1v) is 5.08. The van der Waals surface area contributed by atoms with Crippen LogP contribution in [-0.4, -0.2) is 5.91 Å². The van der Waals surface area contributed by atoms with Crippen LogP contribution in [0.15, 0.2) is 18.2 Å². The highest BCUT2D eigenvalue weighted by Crippen LogP contribution is 2.25. The van der Waals surface area contributed by atoms with Gasteiger partial charge in [-0.2, -0.15) is 0 Å². The first-order valence-electron chi connectivity index (χ1n) is 4.70. The third-order valence-electron chi connectivity index (χ3n) is 1.93. The Bertz CT molecular complexity index is 336. The van der Waals surface area contributed by atoms with Crippen LogP contribution in [0.3, 0.4) is 0 Å². The van der Waals surface area contributed by atoms with E-state index < -0.39 is 0 Å². The highest BCUT2D eigenvalue weighted by molar-refractivity contribution is 6.31. The van der Waals surface area contributed by atoms with Gasteiger partial charge in [-0.3, -0.25) is 4.79 Å². The average Bonchev–Trinajstić information content (AvgIpc) is 2.10. The van der Waals surface area contributed by atoms with E-state index in [2.05, 4.69) is 12.2 Å². The van der Waals surface area contributed by atoms with Gasteiger partial charge in [-0.1, -0.05) is 31.0 Å². The van der Waals surface area contributed by atoms with E-state index in [1.807, 2.05) is 18.2 Å². The highest BCUT2D eigenvalue weighted by atomic mass is 35.5. The van der Waals surface area contributed by atoms with Crippen molar-refractivity contribution in [3.63, 3.8) is 0 Å². The largest absolute Gasteiger partial charge is 0.326 e. The number of benzene rings is 1. The van der Waals surface area contributed by atoms with Crippen molar-refractivity contribution in [1.29, 1.82) is 0 Å². The van der Waals surface area contributed by atoms with E-state index in [1.54, 1.807) is 0 Å². The number of carbonyl (C=O) groups is 1. The summed E-state index contributed by atoms with van der Waals surface area (Å²) >= 11 is 6.04. The maximum atomic E-state index is 10.9. The SMILES string of the molecule is CCCc1c(Cl)cccc1NC(C)=O. The van der Waals surface area contributed by atoms with Gasteiger partial charge in [-0.25, -0.2) is 0 Å². The quantitative estimate of drug-likeness (QED) is 0.817. The summed E-state index contributed by atoms with van der Waals surface area (Å²) in [5.41, 5.74) is 1.85. The second-order valence-corrected chi connectivity index (χ2v) is 3.60. The molecular weight excluding hydrogens is 198 g/mol. The lowest BCUT2D eigenvalue weighted by Gasteiger charge is -2.10. The first kappa shape index (κ1) is 11.1. The molecule has 1 aromatic carbocycles. The topological polar surface area (TPSA) is 29.1 Å². The summed E-state index contributed by atoms with van der Waals surface area (Å²) in [6, 6.07) is 5.56. The van der Waals surface area contributed by atoms with Crippen LogP contribution in [0.5, 0.6) is 0 Å². The average molecular weight is 212 g/mol. The van der Waals surface area contributed by atoms with E-state index in [-0.39, 0.29) is 5.91 Å². The van der Waals surface area contributed by atoms with E-state index >= 15 is 0 Å². The summed E-state index contributed by atoms with van der Waals surface area (Å²) in [5.74, 6) is -0.0652. The molecule has 1 rings (SSSR count). The van der Waals surface area contributed by atoms with Crippen molar-refractivity contribution in [3.8, 4) is 0 Å². The van der Waals surface area contributed by atoms with Crippen molar-refractivity contribution in [2.75, 3.05) is 5.32 Å². The molecule has 0 aromatic heterocycles. The Morgan fingerprint density at radius 2 is 2.21 bits per heavy atom. The molecule has 0 heterocycles. The van der Waals surface area contributed by atoms with E-state index in [0.717, 1.165) is 29.1 Å². The number of amides is 1. The molecule has 2 nitrogen and oxygen atoms in total. The summed E-state index contributed by atoms with van der Waals surface area (Å²) in [6.45, 7) is 3.58. The Labute approximate surface area is 89.3 Å². The molecule has 1 N–H and O–H groups in total. The highest BCUT2D eigenvalue weighted by Gasteiger charge is 2.06. The van der Waals surface area contributed by atoms with Crippen LogP contribution >= 0.6 is 11.6 Å². The van der Waals surface area contributed by atoms with E-state index in [9.17, 15) is 4.79 Å². The summed E-state index contributed by atoms with van der Waals surface area (Å²) < 4.78 is 0. The van der Waals surface area contributed by atoms with Gasteiger partial charge in [-0.15, -0.1) is 0 Å². The molecule has 14 heavy (non-hydrogen) atoms. The molecule has 0 radical (unpaired) electrons. The van der Waals surface area contributed by atoms with Crippen molar-refractivity contribution in [2.24, 2.45) is 0 Å². The van der Waals surface area contributed by atoms with Gasteiger partial charge in [0.25, 0.3) is 0 Å². The standard InChI is InChI=1S/C11H14ClNO/c1-3-5-9-10(12)6-4-7-11(9)13-8(2)14/h4,6-7H,3,5H2,1-2H3,(H,13,14). The van der Waals surface area contributed by atoms with Crippen LogP contribution in [0.1, 0.15) is 25.8 Å². The van der Waals surface area contributed by atoms with E-state index in [0.29, 0.717) is 0 Å². The van der Waals surface area contributed by atoms with Gasteiger partial charge in [0, 0.05) is 17.6 Å². The Morgan fingerprint density at radius 1 is 1.50 bits per heavy atom. The van der Waals surface area contributed by atoms with Crippen molar-refractivity contribution >= 4 is 23.2 Å². The van der Waals surface area contributed by atoms with Crippen molar-refractivity contribution in [1.82, 2.24) is 0 Å². The predicted molar refractivity (Wildman–Crippen MR) is 59.8 cm³/mol. The maximum Gasteiger partial charge on any atom is 0.221 e. The van der Waals surface area contributed by atoms with Gasteiger partial charge in [0.05, 0.1) is 0 Å². The minimum Gasteiger partial charge on any atom is -0.326 e. The maximum absolute atomic E-state index is 10.9. The zero-order valence-corrected chi connectivity index (χ0v) is 9.19. The van der Waals surface area contributed by atoms with Crippen molar-refractivity contribution in [2.45, 2.75) is 26.7 Å². The third-order valence-corrected chi connectivity index (χ3v) is 2.28. The molecule has 0 saturated carbocycles. The fourth-order valence-corrected chi connectivity index (χ4v) is 1.64. The first-order chi connectivity index (χ1) is 6.65. The van der Waals surface area contributed by atoms with Crippen LogP contribution in [0.2, 0.25) is 5.02 Å². The summed E-state index contributed by atoms with van der Waals surface area (Å²) in [7, 11) is 0. The van der Waals surface area contributed by atoms with Crippen LogP contribution in [0.25, 0.3) is 0 Å². The minimum absolute atomic E-state index is 0.0652.